The lowest BCUT2D eigenvalue weighted by atomic mass is 10.1. The monoisotopic (exact) mass is 458 g/mol. The molecule has 2 aromatic heterocycles. The van der Waals surface area contributed by atoms with Gasteiger partial charge >= 0.3 is 5.97 Å². The van der Waals surface area contributed by atoms with Crippen molar-refractivity contribution in [1.29, 1.82) is 0 Å². The molecule has 0 atom stereocenters. The number of likely N-dealkylation sites (tertiary alicyclic amines) is 1. The number of rotatable bonds is 7. The number of hydrogen-bond donors (Lipinski definition) is 3. The third-order valence-corrected chi connectivity index (χ3v) is 6.33. The summed E-state index contributed by atoms with van der Waals surface area (Å²) < 4.78 is 5.73. The largest absolute Gasteiger partial charge is 0.477 e. The smallest absolute Gasteiger partial charge is 0.345 e. The normalized spacial score (nSPS) is 17.7. The highest BCUT2D eigenvalue weighted by atomic mass is 16.5. The second-order valence-electron chi connectivity index (χ2n) is 8.67. The Morgan fingerprint density at radius 3 is 2.88 bits per heavy atom. The van der Waals surface area contributed by atoms with Crippen molar-refractivity contribution in [2.24, 2.45) is 0 Å². The van der Waals surface area contributed by atoms with E-state index in [2.05, 4.69) is 26.3 Å². The summed E-state index contributed by atoms with van der Waals surface area (Å²) in [5.41, 5.74) is 3.82. The van der Waals surface area contributed by atoms with E-state index in [1.807, 2.05) is 25.1 Å². The molecule has 8 nitrogen and oxygen atoms in total. The van der Waals surface area contributed by atoms with Crippen LogP contribution in [-0.2, 0) is 20.7 Å². The number of carboxylic acids is 1. The SMILES string of the molecule is Cc1cc(CCN2CCCC2)ccc1NC1=C(C(=O)O)C(=O)C(=Cc2c[nH]c3ncccc23)O1. The number of aryl methyl sites for hydroxylation is 1. The van der Waals surface area contributed by atoms with Gasteiger partial charge in [-0.2, -0.15) is 0 Å². The second-order valence-corrected chi connectivity index (χ2v) is 8.67. The number of H-pyrrole nitrogens is 1. The van der Waals surface area contributed by atoms with E-state index in [0.717, 1.165) is 23.9 Å². The number of carbonyl (C=O) groups excluding carboxylic acids is 1. The molecule has 0 spiro atoms. The van der Waals surface area contributed by atoms with Gasteiger partial charge in [0.1, 0.15) is 5.65 Å². The molecule has 3 N–H and O–H groups in total. The van der Waals surface area contributed by atoms with Gasteiger partial charge in [0.25, 0.3) is 0 Å². The molecule has 1 saturated heterocycles. The fourth-order valence-electron chi connectivity index (χ4n) is 4.49. The van der Waals surface area contributed by atoms with E-state index >= 15 is 0 Å². The molecule has 5 rings (SSSR count). The van der Waals surface area contributed by atoms with Crippen LogP contribution in [0.4, 0.5) is 5.69 Å². The zero-order valence-electron chi connectivity index (χ0n) is 18.9. The van der Waals surface area contributed by atoms with Crippen molar-refractivity contribution < 1.29 is 19.4 Å². The first-order valence-electron chi connectivity index (χ1n) is 11.4. The van der Waals surface area contributed by atoms with Crippen LogP contribution in [0.3, 0.4) is 0 Å². The molecule has 1 fully saturated rings. The number of benzene rings is 1. The van der Waals surface area contributed by atoms with Crippen molar-refractivity contribution in [2.75, 3.05) is 25.0 Å². The van der Waals surface area contributed by atoms with Crippen LogP contribution in [0.5, 0.6) is 0 Å². The number of carboxylic acid groups (broad SMARTS) is 1. The zero-order chi connectivity index (χ0) is 23.7. The average molecular weight is 459 g/mol. The van der Waals surface area contributed by atoms with Crippen molar-refractivity contribution in [3.05, 3.63) is 76.6 Å². The predicted octanol–water partition coefficient (Wildman–Crippen LogP) is 3.86. The maximum atomic E-state index is 12.9. The number of pyridine rings is 1. The molecule has 0 aliphatic carbocycles. The van der Waals surface area contributed by atoms with Gasteiger partial charge < -0.3 is 25.0 Å². The maximum absolute atomic E-state index is 12.9. The standard InChI is InChI=1S/C26H26N4O4/c1-16-13-17(8-12-30-10-2-3-11-30)6-7-20(16)29-25-22(26(32)33)23(31)21(34-25)14-18-15-28-24-19(18)5-4-9-27-24/h4-7,9,13-15,29H,2-3,8,10-12H2,1H3,(H,27,28)(H,32,33). The number of carbonyl (C=O) groups is 2. The molecule has 2 aliphatic heterocycles. The van der Waals surface area contributed by atoms with Crippen LogP contribution < -0.4 is 5.32 Å². The van der Waals surface area contributed by atoms with E-state index in [9.17, 15) is 14.7 Å². The van der Waals surface area contributed by atoms with Gasteiger partial charge in [-0.25, -0.2) is 9.78 Å². The Morgan fingerprint density at radius 2 is 2.12 bits per heavy atom. The van der Waals surface area contributed by atoms with Crippen LogP contribution in [0.1, 0.15) is 29.5 Å². The lowest BCUT2D eigenvalue weighted by molar-refractivity contribution is -0.134. The molecule has 0 amide bonds. The summed E-state index contributed by atoms with van der Waals surface area (Å²) in [5.74, 6) is -2.14. The number of fused-ring (bicyclic) bond motifs is 1. The summed E-state index contributed by atoms with van der Waals surface area (Å²) in [6.45, 7) is 5.33. The first-order valence-corrected chi connectivity index (χ1v) is 11.4. The van der Waals surface area contributed by atoms with Crippen molar-refractivity contribution in [3.8, 4) is 0 Å². The van der Waals surface area contributed by atoms with E-state index in [-0.39, 0.29) is 11.6 Å². The maximum Gasteiger partial charge on any atom is 0.345 e. The highest BCUT2D eigenvalue weighted by Gasteiger charge is 2.36. The fourth-order valence-corrected chi connectivity index (χ4v) is 4.49. The number of aromatic amines is 1. The van der Waals surface area contributed by atoms with Gasteiger partial charge in [-0.15, -0.1) is 0 Å². The van der Waals surface area contributed by atoms with Crippen molar-refractivity contribution in [3.63, 3.8) is 0 Å². The first-order chi connectivity index (χ1) is 16.5. The number of hydrogen-bond acceptors (Lipinski definition) is 6. The van der Waals surface area contributed by atoms with Gasteiger partial charge in [0.2, 0.25) is 11.7 Å². The summed E-state index contributed by atoms with van der Waals surface area (Å²) in [7, 11) is 0. The number of ether oxygens (including phenoxy) is 1. The van der Waals surface area contributed by atoms with Crippen molar-refractivity contribution in [2.45, 2.75) is 26.2 Å². The molecule has 1 aromatic carbocycles. The van der Waals surface area contributed by atoms with Crippen LogP contribution in [0.2, 0.25) is 0 Å². The van der Waals surface area contributed by atoms with E-state index < -0.39 is 17.3 Å². The number of Topliss-reactive ketones (excluding diaryl/α,β-unsaturated/α-hetero) is 1. The Bertz CT molecular complexity index is 1330. The minimum Gasteiger partial charge on any atom is -0.477 e. The Labute approximate surface area is 196 Å². The molecule has 3 aromatic rings. The van der Waals surface area contributed by atoms with E-state index in [1.54, 1.807) is 18.5 Å². The highest BCUT2D eigenvalue weighted by molar-refractivity contribution is 6.26. The molecule has 2 aliphatic rings. The fraction of sp³-hybridized carbons (Fsp3) is 0.269. The minimum absolute atomic E-state index is 0.0514. The molecule has 174 valence electrons. The van der Waals surface area contributed by atoms with E-state index in [0.29, 0.717) is 16.9 Å². The molecule has 0 unspecified atom stereocenters. The van der Waals surface area contributed by atoms with Gasteiger partial charge in [0.15, 0.2) is 11.3 Å². The molecule has 34 heavy (non-hydrogen) atoms. The summed E-state index contributed by atoms with van der Waals surface area (Å²) >= 11 is 0. The number of anilines is 1. The zero-order valence-corrected chi connectivity index (χ0v) is 18.9. The first kappa shape index (κ1) is 21.9. The van der Waals surface area contributed by atoms with Crippen LogP contribution in [0, 0.1) is 6.92 Å². The van der Waals surface area contributed by atoms with Crippen molar-refractivity contribution >= 4 is 34.5 Å². The number of nitrogens with zero attached hydrogens (tertiary/aromatic N) is 2. The summed E-state index contributed by atoms with van der Waals surface area (Å²) in [6, 6.07) is 9.68. The van der Waals surface area contributed by atoms with Crippen LogP contribution in [0.25, 0.3) is 17.1 Å². The quantitative estimate of drug-likeness (QED) is 0.365. The van der Waals surface area contributed by atoms with Gasteiger partial charge in [-0.05, 0) is 74.7 Å². The van der Waals surface area contributed by atoms with Gasteiger partial charge in [-0.1, -0.05) is 12.1 Å². The second kappa shape index (κ2) is 9.15. The summed E-state index contributed by atoms with van der Waals surface area (Å²) in [5, 5.41) is 13.5. The lowest BCUT2D eigenvalue weighted by Gasteiger charge is -2.16. The highest BCUT2D eigenvalue weighted by Crippen LogP contribution is 2.30. The summed E-state index contributed by atoms with van der Waals surface area (Å²) in [6.07, 6.45) is 8.42. The van der Waals surface area contributed by atoms with Crippen molar-refractivity contribution in [1.82, 2.24) is 14.9 Å². The lowest BCUT2D eigenvalue weighted by Crippen LogP contribution is -2.21. The molecule has 0 radical (unpaired) electrons. The Hall–Kier alpha value is -3.91. The number of aliphatic carboxylic acids is 1. The predicted molar refractivity (Wildman–Crippen MR) is 129 cm³/mol. The van der Waals surface area contributed by atoms with Gasteiger partial charge in [0, 0.05) is 35.6 Å². The molecule has 4 heterocycles. The van der Waals surface area contributed by atoms with Crippen LogP contribution in [-0.4, -0.2) is 51.4 Å². The third-order valence-electron chi connectivity index (χ3n) is 6.33. The number of allylic oxidation sites excluding steroid dienone is 1. The molecule has 8 heteroatoms. The Morgan fingerprint density at radius 1 is 1.29 bits per heavy atom. The number of nitrogens with one attached hydrogen (secondary N) is 2. The third kappa shape index (κ3) is 4.32. The van der Waals surface area contributed by atoms with E-state index in [1.165, 1.54) is 37.6 Å². The number of ketones is 1. The van der Waals surface area contributed by atoms with Crippen LogP contribution in [0.15, 0.2) is 59.9 Å². The average Bonchev–Trinajstić information content (AvgIpc) is 3.55. The molecular formula is C26H26N4O4. The Balaban J connectivity index is 1.36. The molecular weight excluding hydrogens is 432 g/mol. The number of aromatic nitrogens is 2. The molecule has 0 bridgehead atoms. The van der Waals surface area contributed by atoms with E-state index in [4.69, 9.17) is 4.74 Å². The molecule has 0 saturated carbocycles. The Kier molecular flexibility index (Phi) is 5.90. The minimum atomic E-state index is -1.34. The van der Waals surface area contributed by atoms with Gasteiger partial charge in [-0.3, -0.25) is 4.79 Å². The topological polar surface area (TPSA) is 108 Å². The van der Waals surface area contributed by atoms with Crippen LogP contribution >= 0.6 is 0 Å². The summed E-state index contributed by atoms with van der Waals surface area (Å²) in [4.78, 5) is 34.5. The van der Waals surface area contributed by atoms with Gasteiger partial charge in [0.05, 0.1) is 0 Å².